The van der Waals surface area contributed by atoms with Crippen molar-refractivity contribution in [2.45, 2.75) is 23.8 Å². The second kappa shape index (κ2) is 9.19. The van der Waals surface area contributed by atoms with Gasteiger partial charge in [0.25, 0.3) is 11.8 Å². The Bertz CT molecular complexity index is 901. The molecule has 0 atom stereocenters. The van der Waals surface area contributed by atoms with E-state index in [9.17, 15) is 4.79 Å². The van der Waals surface area contributed by atoms with Crippen LogP contribution in [0.5, 0.6) is 11.6 Å². The summed E-state index contributed by atoms with van der Waals surface area (Å²) in [6.07, 6.45) is 3.20. The number of para-hydroxylation sites is 1. The molecule has 3 aromatic rings. The third-order valence-electron chi connectivity index (χ3n) is 3.60. The number of benzene rings is 2. The third-order valence-corrected chi connectivity index (χ3v) is 4.65. The van der Waals surface area contributed by atoms with Gasteiger partial charge in [-0.3, -0.25) is 4.79 Å². The monoisotopic (exact) mass is 379 g/mol. The summed E-state index contributed by atoms with van der Waals surface area (Å²) in [6.45, 7) is 4.76. The van der Waals surface area contributed by atoms with Crippen LogP contribution in [0.1, 0.15) is 24.2 Å². The molecule has 1 amide bonds. The maximum Gasteiger partial charge on any atom is 0.252 e. The van der Waals surface area contributed by atoms with Crippen LogP contribution in [-0.4, -0.2) is 22.4 Å². The summed E-state index contributed by atoms with van der Waals surface area (Å²) >= 11 is 1.36. The molecular weight excluding hydrogens is 358 g/mol. The summed E-state index contributed by atoms with van der Waals surface area (Å²) in [6, 6.07) is 16.9. The van der Waals surface area contributed by atoms with E-state index in [1.54, 1.807) is 12.4 Å². The Labute approximate surface area is 163 Å². The summed E-state index contributed by atoms with van der Waals surface area (Å²) in [4.78, 5) is 22.0. The van der Waals surface area contributed by atoms with Crippen molar-refractivity contribution < 1.29 is 9.53 Å². The van der Waals surface area contributed by atoms with Crippen LogP contribution in [0.15, 0.2) is 76.9 Å². The number of carbonyl (C=O) groups is 1. The van der Waals surface area contributed by atoms with Gasteiger partial charge in [0.15, 0.2) is 5.03 Å². The second-order valence-electron chi connectivity index (χ2n) is 6.28. The summed E-state index contributed by atoms with van der Waals surface area (Å²) < 4.78 is 5.87. The van der Waals surface area contributed by atoms with Gasteiger partial charge in [-0.15, -0.1) is 0 Å². The highest BCUT2D eigenvalue weighted by Gasteiger charge is 2.16. The van der Waals surface area contributed by atoms with Crippen LogP contribution in [0.3, 0.4) is 0 Å². The van der Waals surface area contributed by atoms with Gasteiger partial charge >= 0.3 is 0 Å². The van der Waals surface area contributed by atoms with Crippen LogP contribution in [-0.2, 0) is 0 Å². The average Bonchev–Trinajstić information content (AvgIpc) is 2.69. The Balaban J connectivity index is 1.83. The van der Waals surface area contributed by atoms with Crippen molar-refractivity contribution in [2.24, 2.45) is 5.92 Å². The number of amides is 1. The van der Waals surface area contributed by atoms with E-state index in [1.165, 1.54) is 11.8 Å². The van der Waals surface area contributed by atoms with Crippen molar-refractivity contribution in [3.05, 3.63) is 72.6 Å². The Hall–Kier alpha value is -2.86. The predicted octanol–water partition coefficient (Wildman–Crippen LogP) is 4.81. The Morgan fingerprint density at radius 2 is 1.74 bits per heavy atom. The number of hydrogen-bond donors (Lipinski definition) is 1. The molecular formula is C21H21N3O2S. The number of nitrogens with zero attached hydrogens (tertiary/aromatic N) is 2. The number of rotatable bonds is 7. The fourth-order valence-corrected chi connectivity index (χ4v) is 3.21. The van der Waals surface area contributed by atoms with Crippen LogP contribution >= 0.6 is 11.8 Å². The molecule has 1 aromatic heterocycles. The van der Waals surface area contributed by atoms with Crippen LogP contribution in [0.4, 0.5) is 0 Å². The zero-order valence-corrected chi connectivity index (χ0v) is 16.1. The van der Waals surface area contributed by atoms with Gasteiger partial charge in [0, 0.05) is 23.8 Å². The minimum atomic E-state index is -0.0961. The van der Waals surface area contributed by atoms with Gasteiger partial charge in [-0.25, -0.2) is 9.97 Å². The largest absolute Gasteiger partial charge is 0.437 e. The van der Waals surface area contributed by atoms with E-state index < -0.39 is 0 Å². The Morgan fingerprint density at radius 1 is 1.04 bits per heavy atom. The molecule has 0 aliphatic heterocycles. The van der Waals surface area contributed by atoms with E-state index >= 15 is 0 Å². The number of carbonyl (C=O) groups excluding carboxylic acids is 1. The molecule has 5 nitrogen and oxygen atoms in total. The molecule has 0 unspecified atom stereocenters. The first kappa shape index (κ1) is 18.9. The van der Waals surface area contributed by atoms with Gasteiger partial charge in [-0.05, 0) is 30.2 Å². The van der Waals surface area contributed by atoms with Crippen molar-refractivity contribution in [1.29, 1.82) is 0 Å². The fourth-order valence-electron chi connectivity index (χ4n) is 2.29. The molecule has 138 valence electrons. The molecule has 0 fully saturated rings. The van der Waals surface area contributed by atoms with Gasteiger partial charge in [-0.1, -0.05) is 55.9 Å². The summed E-state index contributed by atoms with van der Waals surface area (Å²) in [7, 11) is 0. The number of hydrogen-bond acceptors (Lipinski definition) is 5. The first-order valence-corrected chi connectivity index (χ1v) is 9.54. The highest BCUT2D eigenvalue weighted by molar-refractivity contribution is 7.99. The normalized spacial score (nSPS) is 10.6. The lowest BCUT2D eigenvalue weighted by Gasteiger charge is -2.12. The van der Waals surface area contributed by atoms with Crippen molar-refractivity contribution >= 4 is 17.7 Å². The molecule has 1 N–H and O–H groups in total. The van der Waals surface area contributed by atoms with E-state index in [-0.39, 0.29) is 5.91 Å². The summed E-state index contributed by atoms with van der Waals surface area (Å²) in [5.41, 5.74) is 0.611. The number of nitrogens with one attached hydrogen (secondary N) is 1. The second-order valence-corrected chi connectivity index (χ2v) is 7.31. The molecule has 6 heteroatoms. The molecule has 27 heavy (non-hydrogen) atoms. The van der Waals surface area contributed by atoms with E-state index in [0.29, 0.717) is 34.7 Å². The molecule has 0 aliphatic rings. The van der Waals surface area contributed by atoms with E-state index in [4.69, 9.17) is 4.74 Å². The standard InChI is InChI=1S/C21H21N3O2S/c1-15(2)14-24-19(25)17-10-6-7-11-18(17)27-21-20(22-12-13-23-21)26-16-8-4-3-5-9-16/h3-13,15H,14H2,1-2H3,(H,24,25). The van der Waals surface area contributed by atoms with Gasteiger partial charge in [0.1, 0.15) is 5.75 Å². The molecule has 1 heterocycles. The lowest BCUT2D eigenvalue weighted by Crippen LogP contribution is -2.27. The maximum absolute atomic E-state index is 12.5. The molecule has 0 saturated heterocycles. The molecule has 0 saturated carbocycles. The molecule has 0 aliphatic carbocycles. The molecule has 2 aromatic carbocycles. The summed E-state index contributed by atoms with van der Waals surface area (Å²) in [5.74, 6) is 1.38. The van der Waals surface area contributed by atoms with Gasteiger partial charge < -0.3 is 10.1 Å². The number of ether oxygens (including phenoxy) is 1. The molecule has 0 radical (unpaired) electrons. The van der Waals surface area contributed by atoms with Crippen molar-refractivity contribution in [1.82, 2.24) is 15.3 Å². The quantitative estimate of drug-likeness (QED) is 0.638. The molecule has 0 spiro atoms. The van der Waals surface area contributed by atoms with Gasteiger partial charge in [-0.2, -0.15) is 0 Å². The first-order chi connectivity index (χ1) is 13.1. The molecule has 3 rings (SSSR count). The highest BCUT2D eigenvalue weighted by atomic mass is 32.2. The number of aromatic nitrogens is 2. The SMILES string of the molecule is CC(C)CNC(=O)c1ccccc1Sc1nccnc1Oc1ccccc1. The predicted molar refractivity (Wildman–Crippen MR) is 106 cm³/mol. The smallest absolute Gasteiger partial charge is 0.252 e. The highest BCUT2D eigenvalue weighted by Crippen LogP contribution is 2.35. The zero-order chi connectivity index (χ0) is 19.1. The fraction of sp³-hybridized carbons (Fsp3) is 0.190. The van der Waals surface area contributed by atoms with E-state index in [0.717, 1.165) is 4.90 Å². The maximum atomic E-state index is 12.5. The lowest BCUT2D eigenvalue weighted by atomic mass is 10.2. The van der Waals surface area contributed by atoms with Crippen LogP contribution in [0.25, 0.3) is 0 Å². The van der Waals surface area contributed by atoms with Crippen molar-refractivity contribution in [2.75, 3.05) is 6.54 Å². The average molecular weight is 379 g/mol. The van der Waals surface area contributed by atoms with Crippen LogP contribution < -0.4 is 10.1 Å². The topological polar surface area (TPSA) is 64.1 Å². The van der Waals surface area contributed by atoms with Crippen LogP contribution in [0, 0.1) is 5.92 Å². The zero-order valence-electron chi connectivity index (χ0n) is 15.3. The minimum Gasteiger partial charge on any atom is -0.437 e. The third kappa shape index (κ3) is 5.31. The van der Waals surface area contributed by atoms with Crippen molar-refractivity contribution in [3.63, 3.8) is 0 Å². The van der Waals surface area contributed by atoms with Crippen LogP contribution in [0.2, 0.25) is 0 Å². The van der Waals surface area contributed by atoms with Crippen molar-refractivity contribution in [3.8, 4) is 11.6 Å². The molecule has 0 bridgehead atoms. The minimum absolute atomic E-state index is 0.0961. The van der Waals surface area contributed by atoms with Gasteiger partial charge in [0.2, 0.25) is 0 Å². The Morgan fingerprint density at radius 3 is 2.52 bits per heavy atom. The van der Waals surface area contributed by atoms with E-state index in [2.05, 4.69) is 29.1 Å². The lowest BCUT2D eigenvalue weighted by molar-refractivity contribution is 0.0946. The summed E-state index contributed by atoms with van der Waals surface area (Å²) in [5, 5.41) is 3.56. The van der Waals surface area contributed by atoms with E-state index in [1.807, 2.05) is 54.6 Å². The first-order valence-electron chi connectivity index (χ1n) is 8.72. The Kier molecular flexibility index (Phi) is 6.44. The van der Waals surface area contributed by atoms with Gasteiger partial charge in [0.05, 0.1) is 5.56 Å².